The maximum Gasteiger partial charge on any atom is 0.127 e. The highest BCUT2D eigenvalue weighted by Gasteiger charge is 2.01. The highest BCUT2D eigenvalue weighted by atomic mass is 32.1. The van der Waals surface area contributed by atoms with Gasteiger partial charge in [0.15, 0.2) is 0 Å². The highest BCUT2D eigenvalue weighted by molar-refractivity contribution is 7.09. The molecule has 0 unspecified atom stereocenters. The molecule has 17 heavy (non-hydrogen) atoms. The smallest absolute Gasteiger partial charge is 0.127 e. The van der Waals surface area contributed by atoms with Gasteiger partial charge in [-0.05, 0) is 24.6 Å². The Morgan fingerprint density at radius 3 is 2.82 bits per heavy atom. The second kappa shape index (κ2) is 5.25. The van der Waals surface area contributed by atoms with Crippen LogP contribution in [0.1, 0.15) is 16.3 Å². The van der Waals surface area contributed by atoms with Crippen LogP contribution in [0.2, 0.25) is 0 Å². The number of nitrogens with one attached hydrogen (secondary N) is 1. The van der Waals surface area contributed by atoms with Gasteiger partial charge in [0, 0.05) is 30.2 Å². The van der Waals surface area contributed by atoms with Crippen LogP contribution >= 0.6 is 11.3 Å². The fraction of sp³-hybridized carbons (Fsp3) is 0.250. The molecule has 2 aromatic rings. The number of hydrogen-bond donors (Lipinski definition) is 2. The number of benzene rings is 1. The van der Waals surface area contributed by atoms with Crippen molar-refractivity contribution in [3.05, 3.63) is 45.7 Å². The van der Waals surface area contributed by atoms with Crippen LogP contribution in [-0.4, -0.2) is 10.1 Å². The second-order valence-corrected chi connectivity index (χ2v) is 4.75. The van der Waals surface area contributed by atoms with Gasteiger partial charge < -0.3 is 10.4 Å². The number of phenols is 1. The Morgan fingerprint density at radius 1 is 1.35 bits per heavy atom. The predicted octanol–water partition coefficient (Wildman–Crippen LogP) is 2.59. The van der Waals surface area contributed by atoms with Crippen LogP contribution in [0.5, 0.6) is 5.75 Å². The summed E-state index contributed by atoms with van der Waals surface area (Å²) in [6.45, 7) is 3.10. The third kappa shape index (κ3) is 3.51. The molecule has 0 radical (unpaired) electrons. The first kappa shape index (κ1) is 12.0. The summed E-state index contributed by atoms with van der Waals surface area (Å²) in [5, 5.41) is 15.4. The molecule has 1 aromatic carbocycles. The minimum Gasteiger partial charge on any atom is -0.508 e. The van der Waals surface area contributed by atoms with E-state index in [-0.39, 0.29) is 5.75 Å². The van der Waals surface area contributed by atoms with Crippen molar-refractivity contribution >= 4 is 11.3 Å². The van der Waals surface area contributed by atoms with Crippen LogP contribution in [0.15, 0.2) is 23.6 Å². The molecule has 0 aliphatic carbocycles. The summed E-state index contributed by atoms with van der Waals surface area (Å²) in [7, 11) is 0. The van der Waals surface area contributed by atoms with Crippen LogP contribution in [0.4, 0.5) is 4.39 Å². The van der Waals surface area contributed by atoms with E-state index in [1.165, 1.54) is 6.07 Å². The zero-order valence-electron chi connectivity index (χ0n) is 9.40. The van der Waals surface area contributed by atoms with Gasteiger partial charge in [-0.2, -0.15) is 0 Å². The fourth-order valence-electron chi connectivity index (χ4n) is 1.53. The highest BCUT2D eigenvalue weighted by Crippen LogP contribution is 2.14. The van der Waals surface area contributed by atoms with Crippen LogP contribution in [0.3, 0.4) is 0 Å². The SMILES string of the molecule is Cc1csc(CNCc2cc(O)cc(F)c2)n1. The first-order chi connectivity index (χ1) is 8.13. The molecule has 2 rings (SSSR count). The quantitative estimate of drug-likeness (QED) is 0.879. The predicted molar refractivity (Wildman–Crippen MR) is 65.5 cm³/mol. The molecule has 0 atom stereocenters. The van der Waals surface area contributed by atoms with Crippen molar-refractivity contribution in [1.29, 1.82) is 0 Å². The lowest BCUT2D eigenvalue weighted by Gasteiger charge is -2.04. The van der Waals surface area contributed by atoms with Gasteiger partial charge in [-0.25, -0.2) is 9.37 Å². The number of phenolic OH excluding ortho intramolecular Hbond substituents is 1. The second-order valence-electron chi connectivity index (χ2n) is 3.80. The van der Waals surface area contributed by atoms with E-state index >= 15 is 0 Å². The van der Waals surface area contributed by atoms with E-state index in [9.17, 15) is 9.50 Å². The Bertz CT molecular complexity index is 493. The molecule has 0 aliphatic rings. The van der Waals surface area contributed by atoms with E-state index in [4.69, 9.17) is 0 Å². The molecule has 0 fully saturated rings. The minimum absolute atomic E-state index is 0.0492. The van der Waals surface area contributed by atoms with Crippen molar-refractivity contribution in [1.82, 2.24) is 10.3 Å². The van der Waals surface area contributed by atoms with E-state index in [2.05, 4.69) is 10.3 Å². The molecular formula is C12H13FN2OS. The maximum atomic E-state index is 13.0. The standard InChI is InChI=1S/C12H13FN2OS/c1-8-7-17-12(15-8)6-14-5-9-2-10(13)4-11(16)3-9/h2-4,7,14,16H,5-6H2,1H3. The lowest BCUT2D eigenvalue weighted by Crippen LogP contribution is -2.12. The van der Waals surface area contributed by atoms with Gasteiger partial charge in [0.2, 0.25) is 0 Å². The average molecular weight is 252 g/mol. The number of aryl methyl sites for hydroxylation is 1. The number of rotatable bonds is 4. The number of halogens is 1. The summed E-state index contributed by atoms with van der Waals surface area (Å²) in [5.74, 6) is -0.473. The normalized spacial score (nSPS) is 10.7. The Hall–Kier alpha value is -1.46. The van der Waals surface area contributed by atoms with Crippen LogP contribution < -0.4 is 5.32 Å². The largest absolute Gasteiger partial charge is 0.508 e. The van der Waals surface area contributed by atoms with Gasteiger partial charge in [-0.3, -0.25) is 0 Å². The Kier molecular flexibility index (Phi) is 3.71. The Labute approximate surface area is 103 Å². The zero-order valence-corrected chi connectivity index (χ0v) is 10.2. The Morgan fingerprint density at radius 2 is 2.18 bits per heavy atom. The van der Waals surface area contributed by atoms with Gasteiger partial charge in [0.25, 0.3) is 0 Å². The third-order valence-electron chi connectivity index (χ3n) is 2.21. The van der Waals surface area contributed by atoms with Gasteiger partial charge >= 0.3 is 0 Å². The maximum absolute atomic E-state index is 13.0. The molecule has 90 valence electrons. The molecule has 0 amide bonds. The number of thiazole rings is 1. The number of aromatic hydroxyl groups is 1. The summed E-state index contributed by atoms with van der Waals surface area (Å²) in [6.07, 6.45) is 0. The first-order valence-electron chi connectivity index (χ1n) is 5.23. The summed E-state index contributed by atoms with van der Waals surface area (Å²) >= 11 is 1.59. The number of hydrogen-bond acceptors (Lipinski definition) is 4. The van der Waals surface area contributed by atoms with Crippen molar-refractivity contribution in [3.63, 3.8) is 0 Å². The van der Waals surface area contributed by atoms with Crippen molar-refractivity contribution in [2.45, 2.75) is 20.0 Å². The molecule has 0 spiro atoms. The molecule has 0 bridgehead atoms. The summed E-state index contributed by atoms with van der Waals surface area (Å²) < 4.78 is 13.0. The van der Waals surface area contributed by atoms with Gasteiger partial charge in [-0.15, -0.1) is 11.3 Å². The molecule has 1 aromatic heterocycles. The zero-order chi connectivity index (χ0) is 12.3. The number of nitrogens with zero attached hydrogens (tertiary/aromatic N) is 1. The van der Waals surface area contributed by atoms with E-state index < -0.39 is 5.82 Å². The van der Waals surface area contributed by atoms with Crippen molar-refractivity contribution in [3.8, 4) is 5.75 Å². The Balaban J connectivity index is 1.89. The van der Waals surface area contributed by atoms with Crippen molar-refractivity contribution in [2.75, 3.05) is 0 Å². The summed E-state index contributed by atoms with van der Waals surface area (Å²) in [5.41, 5.74) is 1.73. The topological polar surface area (TPSA) is 45.1 Å². The lowest BCUT2D eigenvalue weighted by atomic mass is 10.2. The molecule has 5 heteroatoms. The summed E-state index contributed by atoms with van der Waals surface area (Å²) in [4.78, 5) is 4.31. The van der Waals surface area contributed by atoms with Crippen molar-refractivity contribution < 1.29 is 9.50 Å². The molecule has 2 N–H and O–H groups in total. The monoisotopic (exact) mass is 252 g/mol. The van der Waals surface area contributed by atoms with Crippen LogP contribution in [0.25, 0.3) is 0 Å². The molecule has 0 saturated carbocycles. The lowest BCUT2D eigenvalue weighted by molar-refractivity contribution is 0.467. The average Bonchev–Trinajstić information content (AvgIpc) is 2.63. The molecule has 1 heterocycles. The van der Waals surface area contributed by atoms with E-state index in [1.54, 1.807) is 17.4 Å². The third-order valence-corrected chi connectivity index (χ3v) is 3.18. The van der Waals surface area contributed by atoms with Gasteiger partial charge in [-0.1, -0.05) is 0 Å². The molecule has 0 saturated heterocycles. The minimum atomic E-state index is -0.424. The van der Waals surface area contributed by atoms with E-state index in [0.29, 0.717) is 13.1 Å². The number of aromatic nitrogens is 1. The van der Waals surface area contributed by atoms with E-state index in [0.717, 1.165) is 22.3 Å². The van der Waals surface area contributed by atoms with Crippen LogP contribution in [-0.2, 0) is 13.1 Å². The fourth-order valence-corrected chi connectivity index (χ4v) is 2.27. The van der Waals surface area contributed by atoms with Crippen molar-refractivity contribution in [2.24, 2.45) is 0 Å². The van der Waals surface area contributed by atoms with Gasteiger partial charge in [0.05, 0.1) is 0 Å². The van der Waals surface area contributed by atoms with Crippen LogP contribution in [0, 0.1) is 12.7 Å². The van der Waals surface area contributed by atoms with E-state index in [1.807, 2.05) is 12.3 Å². The first-order valence-corrected chi connectivity index (χ1v) is 6.11. The molecule has 3 nitrogen and oxygen atoms in total. The summed E-state index contributed by atoms with van der Waals surface area (Å²) in [6, 6.07) is 4.04. The molecular weight excluding hydrogens is 239 g/mol. The molecule has 0 aliphatic heterocycles. The van der Waals surface area contributed by atoms with Gasteiger partial charge in [0.1, 0.15) is 16.6 Å².